The molecule has 0 saturated carbocycles. The number of amides is 1. The summed E-state index contributed by atoms with van der Waals surface area (Å²) in [5.74, 6) is -0.707. The molecule has 0 aromatic heterocycles. The summed E-state index contributed by atoms with van der Waals surface area (Å²) in [5.41, 5.74) is 1.20. The van der Waals surface area contributed by atoms with Gasteiger partial charge in [-0.15, -0.1) is 0 Å². The van der Waals surface area contributed by atoms with E-state index in [0.29, 0.717) is 18.1 Å². The zero-order valence-electron chi connectivity index (χ0n) is 15.9. The molecule has 0 spiro atoms. The molecule has 3 atom stereocenters. The number of hydrogen-bond acceptors (Lipinski definition) is 4. The van der Waals surface area contributed by atoms with E-state index in [-0.39, 0.29) is 23.8 Å². The molecule has 1 saturated heterocycles. The van der Waals surface area contributed by atoms with Gasteiger partial charge < -0.3 is 20.4 Å². The zero-order valence-corrected chi connectivity index (χ0v) is 15.9. The van der Waals surface area contributed by atoms with E-state index in [0.717, 1.165) is 26.1 Å². The number of nitrogens with one attached hydrogen (secondary N) is 1. The van der Waals surface area contributed by atoms with E-state index in [2.05, 4.69) is 30.1 Å². The van der Waals surface area contributed by atoms with Crippen LogP contribution in [0.25, 0.3) is 0 Å². The van der Waals surface area contributed by atoms with Gasteiger partial charge in [-0.25, -0.2) is 0 Å². The van der Waals surface area contributed by atoms with Gasteiger partial charge in [0.15, 0.2) is 0 Å². The summed E-state index contributed by atoms with van der Waals surface area (Å²) in [6.07, 6.45) is 1.71. The number of phenols is 1. The van der Waals surface area contributed by atoms with Crippen LogP contribution in [0.4, 0.5) is 0 Å². The molecule has 0 aliphatic carbocycles. The molecule has 1 aliphatic heterocycles. The van der Waals surface area contributed by atoms with Crippen molar-refractivity contribution in [2.75, 3.05) is 26.2 Å². The van der Waals surface area contributed by atoms with Crippen LogP contribution in [0.2, 0.25) is 0 Å². The highest BCUT2D eigenvalue weighted by Gasteiger charge is 2.38. The molecule has 0 radical (unpaired) electrons. The molecule has 1 aromatic rings. The molecule has 6 heteroatoms. The minimum Gasteiger partial charge on any atom is -0.508 e. The van der Waals surface area contributed by atoms with Crippen molar-refractivity contribution < 1.29 is 19.8 Å². The number of aliphatic carboxylic acids is 1. The lowest BCUT2D eigenvalue weighted by molar-refractivity contribution is -0.138. The number of phenolic OH excluding ortho intramolecular Hbond substituents is 1. The average Bonchev–Trinajstić information content (AvgIpc) is 2.60. The van der Waals surface area contributed by atoms with E-state index in [1.54, 1.807) is 6.07 Å². The van der Waals surface area contributed by atoms with E-state index in [1.807, 2.05) is 19.1 Å². The molecular weight excluding hydrogens is 332 g/mol. The van der Waals surface area contributed by atoms with E-state index >= 15 is 0 Å². The van der Waals surface area contributed by atoms with Crippen LogP contribution < -0.4 is 5.32 Å². The predicted molar refractivity (Wildman–Crippen MR) is 100 cm³/mol. The molecule has 1 heterocycles. The number of piperidine rings is 1. The molecule has 0 bridgehead atoms. The van der Waals surface area contributed by atoms with Crippen molar-refractivity contribution >= 4 is 11.9 Å². The van der Waals surface area contributed by atoms with Gasteiger partial charge in [0.25, 0.3) is 0 Å². The maximum Gasteiger partial charge on any atom is 0.322 e. The number of likely N-dealkylation sites (tertiary alicyclic amines) is 1. The lowest BCUT2D eigenvalue weighted by Gasteiger charge is -2.45. The fraction of sp³-hybridized carbons (Fsp3) is 0.600. The second-order valence-electron chi connectivity index (χ2n) is 7.72. The molecule has 1 amide bonds. The molecule has 1 aromatic carbocycles. The van der Waals surface area contributed by atoms with Gasteiger partial charge in [0.2, 0.25) is 5.91 Å². The first-order valence-corrected chi connectivity index (χ1v) is 9.23. The van der Waals surface area contributed by atoms with Gasteiger partial charge >= 0.3 is 5.97 Å². The number of hydrogen-bond donors (Lipinski definition) is 3. The Kier molecular flexibility index (Phi) is 6.64. The van der Waals surface area contributed by atoms with Gasteiger partial charge in [-0.1, -0.05) is 32.9 Å². The van der Waals surface area contributed by atoms with Crippen LogP contribution in [0.3, 0.4) is 0 Å². The Morgan fingerprint density at radius 1 is 1.42 bits per heavy atom. The van der Waals surface area contributed by atoms with E-state index < -0.39 is 5.97 Å². The summed E-state index contributed by atoms with van der Waals surface area (Å²) in [7, 11) is 0. The first-order chi connectivity index (χ1) is 12.2. The van der Waals surface area contributed by atoms with Gasteiger partial charge in [0.1, 0.15) is 12.3 Å². The third-order valence-corrected chi connectivity index (χ3v) is 5.81. The van der Waals surface area contributed by atoms with Crippen molar-refractivity contribution in [3.8, 4) is 5.75 Å². The monoisotopic (exact) mass is 362 g/mol. The molecule has 1 fully saturated rings. The number of carbonyl (C=O) groups excluding carboxylic acids is 1. The molecular formula is C20H30N2O4. The Balaban J connectivity index is 1.86. The first kappa shape index (κ1) is 20.2. The minimum absolute atomic E-state index is 0.0275. The van der Waals surface area contributed by atoms with Gasteiger partial charge in [-0.3, -0.25) is 9.59 Å². The molecule has 6 nitrogen and oxygen atoms in total. The summed E-state index contributed by atoms with van der Waals surface area (Å²) in [6, 6.07) is 7.54. The SMILES string of the molecule is CC(CCN1CCC(C)(c2cccc(O)c2)C(C)C1)C(=O)NCC(=O)O. The van der Waals surface area contributed by atoms with Crippen molar-refractivity contribution in [3.63, 3.8) is 0 Å². The van der Waals surface area contributed by atoms with Crippen molar-refractivity contribution in [3.05, 3.63) is 29.8 Å². The van der Waals surface area contributed by atoms with Gasteiger partial charge in [-0.05, 0) is 55.0 Å². The van der Waals surface area contributed by atoms with E-state index in [9.17, 15) is 14.7 Å². The smallest absolute Gasteiger partial charge is 0.322 e. The second kappa shape index (κ2) is 8.54. The van der Waals surface area contributed by atoms with Crippen molar-refractivity contribution in [1.82, 2.24) is 10.2 Å². The lowest BCUT2D eigenvalue weighted by atomic mass is 9.68. The average molecular weight is 362 g/mol. The van der Waals surface area contributed by atoms with Crippen molar-refractivity contribution in [1.29, 1.82) is 0 Å². The summed E-state index contributed by atoms with van der Waals surface area (Å²) in [5, 5.41) is 20.9. The Labute approximate surface area is 155 Å². The second-order valence-corrected chi connectivity index (χ2v) is 7.72. The molecule has 3 unspecified atom stereocenters. The maximum absolute atomic E-state index is 11.9. The quantitative estimate of drug-likeness (QED) is 0.692. The summed E-state index contributed by atoms with van der Waals surface area (Å²) >= 11 is 0. The summed E-state index contributed by atoms with van der Waals surface area (Å²) < 4.78 is 0. The minimum atomic E-state index is -1.03. The van der Waals surface area contributed by atoms with Gasteiger partial charge in [0.05, 0.1) is 0 Å². The van der Waals surface area contributed by atoms with Crippen LogP contribution in [-0.4, -0.2) is 53.2 Å². The number of carboxylic acids is 1. The van der Waals surface area contributed by atoms with Crippen LogP contribution in [0.1, 0.15) is 39.2 Å². The standard InChI is InChI=1S/C20H30N2O4/c1-14(19(26)21-12-18(24)25)7-9-22-10-8-20(3,15(2)13-22)16-5-4-6-17(23)11-16/h4-6,11,14-15,23H,7-10,12-13H2,1-3H3,(H,21,26)(H,24,25). The topological polar surface area (TPSA) is 89.9 Å². The van der Waals surface area contributed by atoms with Gasteiger partial charge in [-0.2, -0.15) is 0 Å². The Hall–Kier alpha value is -2.08. The third kappa shape index (κ3) is 4.97. The van der Waals surface area contributed by atoms with Crippen LogP contribution in [0.15, 0.2) is 24.3 Å². The highest BCUT2D eigenvalue weighted by molar-refractivity contribution is 5.82. The van der Waals surface area contributed by atoms with Crippen LogP contribution in [0.5, 0.6) is 5.75 Å². The lowest BCUT2D eigenvalue weighted by Crippen LogP contribution is -2.48. The predicted octanol–water partition coefficient (Wildman–Crippen LogP) is 2.22. The van der Waals surface area contributed by atoms with Crippen molar-refractivity contribution in [2.24, 2.45) is 11.8 Å². The highest BCUT2D eigenvalue weighted by Crippen LogP contribution is 2.40. The summed E-state index contributed by atoms with van der Waals surface area (Å²) in [6.45, 7) is 8.70. The maximum atomic E-state index is 11.9. The molecule has 2 rings (SSSR count). The number of benzene rings is 1. The zero-order chi connectivity index (χ0) is 19.3. The first-order valence-electron chi connectivity index (χ1n) is 9.23. The van der Waals surface area contributed by atoms with Crippen LogP contribution >= 0.6 is 0 Å². The largest absolute Gasteiger partial charge is 0.508 e. The Morgan fingerprint density at radius 2 is 2.15 bits per heavy atom. The van der Waals surface area contributed by atoms with E-state index in [4.69, 9.17) is 5.11 Å². The fourth-order valence-electron chi connectivity index (χ4n) is 3.65. The van der Waals surface area contributed by atoms with Crippen LogP contribution in [-0.2, 0) is 15.0 Å². The number of carboxylic acid groups (broad SMARTS) is 1. The molecule has 1 aliphatic rings. The van der Waals surface area contributed by atoms with Crippen LogP contribution in [0, 0.1) is 11.8 Å². The van der Waals surface area contributed by atoms with E-state index in [1.165, 1.54) is 5.56 Å². The molecule has 26 heavy (non-hydrogen) atoms. The van der Waals surface area contributed by atoms with Gasteiger partial charge in [0, 0.05) is 12.5 Å². The fourth-order valence-corrected chi connectivity index (χ4v) is 3.65. The Morgan fingerprint density at radius 3 is 2.77 bits per heavy atom. The molecule has 3 N–H and O–H groups in total. The number of nitrogens with zero attached hydrogens (tertiary/aromatic N) is 1. The van der Waals surface area contributed by atoms with Crippen molar-refractivity contribution in [2.45, 2.75) is 39.0 Å². The molecule has 144 valence electrons. The Bertz CT molecular complexity index is 648. The third-order valence-electron chi connectivity index (χ3n) is 5.81. The number of rotatable bonds is 7. The highest BCUT2D eigenvalue weighted by atomic mass is 16.4. The summed E-state index contributed by atoms with van der Waals surface area (Å²) in [4.78, 5) is 24.8. The number of carbonyl (C=O) groups is 2. The number of aromatic hydroxyl groups is 1. The normalized spacial score (nSPS) is 24.8.